The van der Waals surface area contributed by atoms with Crippen LogP contribution in [-0.2, 0) is 33.3 Å². The molecule has 2 aliphatic heterocycles. The van der Waals surface area contributed by atoms with Crippen molar-refractivity contribution in [2.45, 2.75) is 122 Å². The molecule has 0 amide bonds. The molecule has 0 aromatic rings. The molecular formula is C32H48O12. The number of cyclic esters (lactones) is 2. The van der Waals surface area contributed by atoms with Crippen molar-refractivity contribution >= 4 is 17.9 Å². The predicted octanol–water partition coefficient (Wildman–Crippen LogP) is 1.44. The second kappa shape index (κ2) is 13.2. The molecule has 2 fully saturated rings. The van der Waals surface area contributed by atoms with Gasteiger partial charge in [0, 0.05) is 16.4 Å². The summed E-state index contributed by atoms with van der Waals surface area (Å²) in [4.78, 5) is 38.6. The normalized spacial score (nSPS) is 46.1. The van der Waals surface area contributed by atoms with Crippen LogP contribution < -0.4 is 0 Å². The van der Waals surface area contributed by atoms with Gasteiger partial charge >= 0.3 is 17.9 Å². The number of fused-ring (bicyclic) bond motifs is 2. The van der Waals surface area contributed by atoms with Gasteiger partial charge in [0.25, 0.3) is 0 Å². The molecule has 44 heavy (non-hydrogen) atoms. The Balaban J connectivity index is 1.67. The zero-order valence-electron chi connectivity index (χ0n) is 26.2. The lowest BCUT2D eigenvalue weighted by atomic mass is 9.46. The van der Waals surface area contributed by atoms with E-state index in [0.29, 0.717) is 24.8 Å². The summed E-state index contributed by atoms with van der Waals surface area (Å²) in [5.74, 6) is -2.34. The Hall–Kier alpha value is -2.35. The molecule has 248 valence electrons. The lowest BCUT2D eigenvalue weighted by Crippen LogP contribution is -2.60. The maximum absolute atomic E-state index is 13.7. The second-order valence-corrected chi connectivity index (χ2v) is 13.9. The van der Waals surface area contributed by atoms with Gasteiger partial charge in [-0.2, -0.15) is 0 Å². The first-order valence-electron chi connectivity index (χ1n) is 15.5. The maximum atomic E-state index is 13.7. The van der Waals surface area contributed by atoms with Gasteiger partial charge in [-0.15, -0.1) is 0 Å². The second-order valence-electron chi connectivity index (χ2n) is 13.9. The van der Waals surface area contributed by atoms with E-state index < -0.39 is 90.6 Å². The fraction of sp³-hybridized carbons (Fsp3) is 0.781. The largest absolute Gasteiger partial charge is 0.463 e. The molecule has 1 saturated heterocycles. The Morgan fingerprint density at radius 3 is 2.23 bits per heavy atom. The fourth-order valence-electron chi connectivity index (χ4n) is 7.66. The third-order valence-electron chi connectivity index (χ3n) is 10.6. The minimum Gasteiger partial charge on any atom is -0.463 e. The standard InChI is InChI=1S/C32H48O12/c1-17-10-12-41-23(34)14-30(3,40)15-24(35)42-16-20-25(36)26(37)27(38)29(43-20)44-28(39)19-7-6-8-21-31(19,4)11-9-18(2)32(21,5)22(33)13-17/h7,10,18,20-22,25-27,29,33,36-38,40H,6,8-9,11-16H2,1-5H3/b17-10-/t18-,20+,21+,22-,25+,26-,27+,29-,30-,31+,32+/m1/s1. The molecule has 0 unspecified atom stereocenters. The monoisotopic (exact) mass is 624 g/mol. The summed E-state index contributed by atoms with van der Waals surface area (Å²) in [5.41, 5.74) is -1.82. The number of hydrogen-bond acceptors (Lipinski definition) is 12. The van der Waals surface area contributed by atoms with Crippen LogP contribution in [-0.4, -0.2) is 99.1 Å². The van der Waals surface area contributed by atoms with Crippen LogP contribution >= 0.6 is 0 Å². The number of rotatable bonds is 0. The number of hydrogen-bond donors (Lipinski definition) is 5. The number of aliphatic hydroxyl groups excluding tert-OH is 4. The molecule has 0 aromatic heterocycles. The van der Waals surface area contributed by atoms with Crippen LogP contribution in [0.25, 0.3) is 0 Å². The first-order chi connectivity index (χ1) is 20.5. The van der Waals surface area contributed by atoms with E-state index in [0.717, 1.165) is 18.4 Å². The molecule has 0 aromatic carbocycles. The smallest absolute Gasteiger partial charge is 0.336 e. The van der Waals surface area contributed by atoms with Crippen LogP contribution in [0.2, 0.25) is 0 Å². The van der Waals surface area contributed by atoms with E-state index in [-0.39, 0.29) is 18.4 Å². The minimum atomic E-state index is -1.80. The summed E-state index contributed by atoms with van der Waals surface area (Å²) in [6.45, 7) is 8.63. The van der Waals surface area contributed by atoms with Crippen molar-refractivity contribution in [1.82, 2.24) is 0 Å². The topological polar surface area (TPSA) is 189 Å². The molecule has 12 nitrogen and oxygen atoms in total. The molecule has 2 heterocycles. The first-order valence-corrected chi connectivity index (χ1v) is 15.5. The quantitative estimate of drug-likeness (QED) is 0.148. The van der Waals surface area contributed by atoms with E-state index in [2.05, 4.69) is 13.8 Å². The van der Waals surface area contributed by atoms with Crippen molar-refractivity contribution in [2.24, 2.45) is 22.7 Å². The Morgan fingerprint density at radius 1 is 0.886 bits per heavy atom. The van der Waals surface area contributed by atoms with Gasteiger partial charge in [0.2, 0.25) is 6.29 Å². The summed E-state index contributed by atoms with van der Waals surface area (Å²) in [5, 5.41) is 54.0. The third kappa shape index (κ3) is 6.90. The molecule has 1 saturated carbocycles. The Labute approximate surface area is 258 Å². The van der Waals surface area contributed by atoms with Crippen LogP contribution in [0, 0.1) is 22.7 Å². The predicted molar refractivity (Wildman–Crippen MR) is 154 cm³/mol. The van der Waals surface area contributed by atoms with Crippen molar-refractivity contribution in [3.05, 3.63) is 23.3 Å². The van der Waals surface area contributed by atoms with Gasteiger partial charge in [-0.3, -0.25) is 9.59 Å². The van der Waals surface area contributed by atoms with E-state index in [1.54, 1.807) is 6.08 Å². The van der Waals surface area contributed by atoms with Crippen LogP contribution in [0.15, 0.2) is 23.3 Å². The van der Waals surface area contributed by atoms with Gasteiger partial charge in [-0.05, 0) is 63.9 Å². The van der Waals surface area contributed by atoms with Gasteiger partial charge < -0.3 is 44.5 Å². The average molecular weight is 625 g/mol. The van der Waals surface area contributed by atoms with Crippen molar-refractivity contribution in [3.8, 4) is 0 Å². The maximum Gasteiger partial charge on any atom is 0.336 e. The molecule has 5 N–H and O–H groups in total. The summed E-state index contributed by atoms with van der Waals surface area (Å²) < 4.78 is 21.7. The van der Waals surface area contributed by atoms with Gasteiger partial charge in [-0.25, -0.2) is 4.79 Å². The SMILES string of the molecule is C/C1=C/COC(=O)C[C@@](C)(O)CC(=O)OC[C@@H]2O[C@H](OC(=O)C3=CCC[C@@H]4[C@](C)([C@H](C)CC[C@@]34C)[C@H](O)C1)[C@@H](O)[C@H](O)[C@H]2O. The first kappa shape index (κ1) is 34.5. The van der Waals surface area contributed by atoms with Crippen molar-refractivity contribution in [3.63, 3.8) is 0 Å². The number of ether oxygens (including phenoxy) is 4. The summed E-state index contributed by atoms with van der Waals surface area (Å²) >= 11 is 0. The summed E-state index contributed by atoms with van der Waals surface area (Å²) in [6, 6.07) is 0. The number of carbonyl (C=O) groups is 3. The zero-order chi connectivity index (χ0) is 32.6. The molecule has 11 atom stereocenters. The number of carbonyl (C=O) groups excluding carboxylic acids is 3. The fourth-order valence-corrected chi connectivity index (χ4v) is 7.66. The van der Waals surface area contributed by atoms with Crippen LogP contribution in [0.5, 0.6) is 0 Å². The Morgan fingerprint density at radius 2 is 1.55 bits per heavy atom. The number of aliphatic hydroxyl groups is 5. The van der Waals surface area contributed by atoms with E-state index in [1.165, 1.54) is 6.92 Å². The highest BCUT2D eigenvalue weighted by Crippen LogP contribution is 2.62. The summed E-state index contributed by atoms with van der Waals surface area (Å²) in [7, 11) is 0. The molecule has 12 heteroatoms. The van der Waals surface area contributed by atoms with E-state index in [1.807, 2.05) is 19.9 Å². The minimum absolute atomic E-state index is 0.0731. The molecule has 0 spiro atoms. The average Bonchev–Trinajstić information content (AvgIpc) is 2.93. The number of allylic oxidation sites excluding steroid dienone is 1. The van der Waals surface area contributed by atoms with Crippen molar-refractivity contribution in [1.29, 1.82) is 0 Å². The van der Waals surface area contributed by atoms with E-state index in [4.69, 9.17) is 18.9 Å². The molecule has 4 aliphatic rings. The summed E-state index contributed by atoms with van der Waals surface area (Å²) in [6.07, 6.45) is -3.53. The Kier molecular flexibility index (Phi) is 10.3. The number of esters is 3. The lowest BCUT2D eigenvalue weighted by molar-refractivity contribution is -0.292. The van der Waals surface area contributed by atoms with Crippen LogP contribution in [0.1, 0.15) is 79.6 Å². The van der Waals surface area contributed by atoms with Crippen LogP contribution in [0.4, 0.5) is 0 Å². The Bertz CT molecular complexity index is 1160. The lowest BCUT2D eigenvalue weighted by Gasteiger charge is -2.59. The van der Waals surface area contributed by atoms with Gasteiger partial charge in [0.15, 0.2) is 0 Å². The van der Waals surface area contributed by atoms with Gasteiger partial charge in [0.05, 0.1) is 24.5 Å². The van der Waals surface area contributed by atoms with Gasteiger partial charge in [-0.1, -0.05) is 32.4 Å². The molecule has 4 rings (SSSR count). The van der Waals surface area contributed by atoms with E-state index >= 15 is 0 Å². The molecule has 2 aliphatic carbocycles. The molecule has 6 bridgehead atoms. The van der Waals surface area contributed by atoms with Crippen molar-refractivity contribution < 1.29 is 58.9 Å². The molecular weight excluding hydrogens is 576 g/mol. The third-order valence-corrected chi connectivity index (χ3v) is 10.6. The van der Waals surface area contributed by atoms with Gasteiger partial charge in [0.1, 0.15) is 37.6 Å². The van der Waals surface area contributed by atoms with Crippen LogP contribution in [0.3, 0.4) is 0 Å². The zero-order valence-corrected chi connectivity index (χ0v) is 26.2. The van der Waals surface area contributed by atoms with Crippen molar-refractivity contribution in [2.75, 3.05) is 13.2 Å². The van der Waals surface area contributed by atoms with E-state index in [9.17, 15) is 39.9 Å². The molecule has 0 radical (unpaired) electrons. The highest BCUT2D eigenvalue weighted by molar-refractivity contribution is 5.90. The highest BCUT2D eigenvalue weighted by Gasteiger charge is 2.58. The highest BCUT2D eigenvalue weighted by atomic mass is 16.7.